The number of carbonyl (C=O) groups excluding carboxylic acids is 1. The van der Waals surface area contributed by atoms with Gasteiger partial charge in [-0.05, 0) is 33.2 Å². The van der Waals surface area contributed by atoms with E-state index >= 15 is 0 Å². The van der Waals surface area contributed by atoms with Crippen LogP contribution in [0.2, 0.25) is 0 Å². The van der Waals surface area contributed by atoms with Gasteiger partial charge < -0.3 is 0 Å². The maximum absolute atomic E-state index is 13.2. The van der Waals surface area contributed by atoms with Crippen LogP contribution in [0.25, 0.3) is 10.9 Å². The van der Waals surface area contributed by atoms with E-state index in [0.717, 1.165) is 12.1 Å². The SMILES string of the molecule is CC(C(=O)n1ccc2cc(F)c(F)cc21)N(C)C. The summed E-state index contributed by atoms with van der Waals surface area (Å²) in [7, 11) is 3.57. The molecule has 0 amide bonds. The molecule has 5 heteroatoms. The summed E-state index contributed by atoms with van der Waals surface area (Å²) in [5.74, 6) is -2.04. The van der Waals surface area contributed by atoms with Crippen LogP contribution in [-0.4, -0.2) is 35.5 Å². The molecule has 1 heterocycles. The van der Waals surface area contributed by atoms with Crippen molar-refractivity contribution in [2.24, 2.45) is 0 Å². The van der Waals surface area contributed by atoms with E-state index in [1.165, 1.54) is 10.8 Å². The third-order valence-corrected chi connectivity index (χ3v) is 3.10. The van der Waals surface area contributed by atoms with Crippen molar-refractivity contribution in [1.82, 2.24) is 9.47 Å². The van der Waals surface area contributed by atoms with Crippen LogP contribution in [0.5, 0.6) is 0 Å². The lowest BCUT2D eigenvalue weighted by Crippen LogP contribution is -2.36. The standard InChI is InChI=1S/C13H14F2N2O/c1-8(16(2)3)13(18)17-5-4-9-6-10(14)11(15)7-12(9)17/h4-8H,1-3H3. The number of likely N-dealkylation sites (N-methyl/N-ethyl adjacent to an activating group) is 1. The Balaban J connectivity index is 2.53. The second kappa shape index (κ2) is 4.49. The summed E-state index contributed by atoms with van der Waals surface area (Å²) in [5, 5.41) is 0.508. The summed E-state index contributed by atoms with van der Waals surface area (Å²) in [6.45, 7) is 1.76. The van der Waals surface area contributed by atoms with Gasteiger partial charge in [-0.25, -0.2) is 8.78 Å². The van der Waals surface area contributed by atoms with Gasteiger partial charge >= 0.3 is 0 Å². The van der Waals surface area contributed by atoms with Crippen molar-refractivity contribution < 1.29 is 13.6 Å². The Hall–Kier alpha value is -1.75. The number of nitrogens with zero attached hydrogens (tertiary/aromatic N) is 2. The van der Waals surface area contributed by atoms with E-state index in [0.29, 0.717) is 10.9 Å². The minimum Gasteiger partial charge on any atom is -0.298 e. The zero-order chi connectivity index (χ0) is 13.4. The lowest BCUT2D eigenvalue weighted by molar-refractivity contribution is 0.0809. The molecule has 0 aliphatic heterocycles. The fourth-order valence-electron chi connectivity index (χ4n) is 1.74. The first kappa shape index (κ1) is 12.7. The van der Waals surface area contributed by atoms with E-state index in [9.17, 15) is 13.6 Å². The number of halogens is 2. The molecule has 0 saturated carbocycles. The molecular formula is C13H14F2N2O. The van der Waals surface area contributed by atoms with Crippen LogP contribution in [0, 0.1) is 11.6 Å². The number of rotatable bonds is 2. The van der Waals surface area contributed by atoms with Gasteiger partial charge in [-0.15, -0.1) is 0 Å². The van der Waals surface area contributed by atoms with Crippen LogP contribution in [0.3, 0.4) is 0 Å². The number of hydrogen-bond donors (Lipinski definition) is 0. The number of hydrogen-bond acceptors (Lipinski definition) is 2. The van der Waals surface area contributed by atoms with Crippen molar-refractivity contribution in [3.8, 4) is 0 Å². The zero-order valence-corrected chi connectivity index (χ0v) is 10.4. The third kappa shape index (κ3) is 2.01. The third-order valence-electron chi connectivity index (χ3n) is 3.10. The summed E-state index contributed by atoms with van der Waals surface area (Å²) in [5.41, 5.74) is 0.382. The average molecular weight is 252 g/mol. The summed E-state index contributed by atoms with van der Waals surface area (Å²) >= 11 is 0. The van der Waals surface area contributed by atoms with Crippen LogP contribution in [-0.2, 0) is 0 Å². The lowest BCUT2D eigenvalue weighted by Gasteiger charge is -2.19. The average Bonchev–Trinajstić information content (AvgIpc) is 2.70. The highest BCUT2D eigenvalue weighted by molar-refractivity contribution is 5.94. The molecule has 0 bridgehead atoms. The quantitative estimate of drug-likeness (QED) is 0.820. The number of carbonyl (C=O) groups is 1. The van der Waals surface area contributed by atoms with Crippen molar-refractivity contribution >= 4 is 16.8 Å². The van der Waals surface area contributed by atoms with Gasteiger partial charge in [0.25, 0.3) is 0 Å². The Bertz CT molecular complexity index is 604. The van der Waals surface area contributed by atoms with Crippen molar-refractivity contribution in [1.29, 1.82) is 0 Å². The molecule has 1 unspecified atom stereocenters. The number of fused-ring (bicyclic) bond motifs is 1. The summed E-state index contributed by atoms with van der Waals surface area (Å²) < 4.78 is 27.6. The maximum atomic E-state index is 13.2. The molecule has 1 atom stereocenters. The minimum absolute atomic E-state index is 0.180. The highest BCUT2D eigenvalue weighted by Gasteiger charge is 2.19. The van der Waals surface area contributed by atoms with E-state index in [-0.39, 0.29) is 11.9 Å². The van der Waals surface area contributed by atoms with E-state index in [1.54, 1.807) is 32.0 Å². The highest BCUT2D eigenvalue weighted by Crippen LogP contribution is 2.20. The highest BCUT2D eigenvalue weighted by atomic mass is 19.2. The summed E-state index contributed by atoms with van der Waals surface area (Å²) in [4.78, 5) is 13.9. The van der Waals surface area contributed by atoms with Crippen molar-refractivity contribution in [3.63, 3.8) is 0 Å². The normalized spacial score (nSPS) is 13.2. The van der Waals surface area contributed by atoms with Gasteiger partial charge in [-0.1, -0.05) is 0 Å². The minimum atomic E-state index is -0.951. The monoisotopic (exact) mass is 252 g/mol. The molecule has 0 spiro atoms. The second-order valence-electron chi connectivity index (χ2n) is 4.49. The van der Waals surface area contributed by atoms with Crippen LogP contribution in [0.15, 0.2) is 24.4 Å². The lowest BCUT2D eigenvalue weighted by atomic mass is 10.2. The molecule has 1 aromatic carbocycles. The molecular weight excluding hydrogens is 238 g/mol. The van der Waals surface area contributed by atoms with Crippen molar-refractivity contribution in [2.45, 2.75) is 13.0 Å². The van der Waals surface area contributed by atoms with Gasteiger partial charge in [-0.2, -0.15) is 0 Å². The molecule has 2 aromatic rings. The predicted octanol–water partition coefficient (Wildman–Crippen LogP) is 2.51. The Morgan fingerprint density at radius 2 is 1.89 bits per heavy atom. The van der Waals surface area contributed by atoms with Gasteiger partial charge in [0.05, 0.1) is 11.6 Å². The van der Waals surface area contributed by atoms with Gasteiger partial charge in [-0.3, -0.25) is 14.3 Å². The van der Waals surface area contributed by atoms with Crippen LogP contribution >= 0.6 is 0 Å². The van der Waals surface area contributed by atoms with Crippen LogP contribution < -0.4 is 0 Å². The molecule has 0 radical (unpaired) electrons. The van der Waals surface area contributed by atoms with E-state index in [2.05, 4.69) is 0 Å². The van der Waals surface area contributed by atoms with Gasteiger partial charge in [0.15, 0.2) is 11.6 Å². The van der Waals surface area contributed by atoms with E-state index in [1.807, 2.05) is 0 Å². The van der Waals surface area contributed by atoms with Gasteiger partial charge in [0, 0.05) is 17.6 Å². The van der Waals surface area contributed by atoms with E-state index < -0.39 is 11.6 Å². The Labute approximate surface area is 104 Å². The molecule has 0 saturated heterocycles. The van der Waals surface area contributed by atoms with Crippen molar-refractivity contribution in [2.75, 3.05) is 14.1 Å². The summed E-state index contributed by atoms with van der Waals surface area (Å²) in [6.07, 6.45) is 1.53. The molecule has 18 heavy (non-hydrogen) atoms. The predicted molar refractivity (Wildman–Crippen MR) is 65.6 cm³/mol. The second-order valence-corrected chi connectivity index (χ2v) is 4.49. The Kier molecular flexibility index (Phi) is 3.17. The number of aromatic nitrogens is 1. The number of benzene rings is 1. The van der Waals surface area contributed by atoms with Crippen LogP contribution in [0.4, 0.5) is 8.78 Å². The fraction of sp³-hybridized carbons (Fsp3) is 0.308. The molecule has 0 fully saturated rings. The molecule has 1 aromatic heterocycles. The summed E-state index contributed by atoms with van der Waals surface area (Å²) in [6, 6.07) is 3.39. The first-order valence-corrected chi connectivity index (χ1v) is 5.58. The molecule has 3 nitrogen and oxygen atoms in total. The molecule has 96 valence electrons. The maximum Gasteiger partial charge on any atom is 0.248 e. The van der Waals surface area contributed by atoms with Crippen LogP contribution in [0.1, 0.15) is 11.7 Å². The van der Waals surface area contributed by atoms with Crippen molar-refractivity contribution in [3.05, 3.63) is 36.0 Å². The zero-order valence-electron chi connectivity index (χ0n) is 10.4. The first-order valence-electron chi connectivity index (χ1n) is 5.58. The van der Waals surface area contributed by atoms with Gasteiger partial charge in [0.2, 0.25) is 5.91 Å². The fourth-order valence-corrected chi connectivity index (χ4v) is 1.74. The topological polar surface area (TPSA) is 25.2 Å². The van der Waals surface area contributed by atoms with Gasteiger partial charge in [0.1, 0.15) is 0 Å². The van der Waals surface area contributed by atoms with E-state index in [4.69, 9.17) is 0 Å². The molecule has 0 N–H and O–H groups in total. The largest absolute Gasteiger partial charge is 0.298 e. The molecule has 2 rings (SSSR count). The first-order chi connectivity index (χ1) is 8.41. The smallest absolute Gasteiger partial charge is 0.248 e. The molecule has 0 aliphatic carbocycles. The Morgan fingerprint density at radius 3 is 2.50 bits per heavy atom. The Morgan fingerprint density at radius 1 is 1.28 bits per heavy atom. The molecule has 0 aliphatic rings.